The fraction of sp³-hybridized carbons (Fsp3) is 0.320. The summed E-state index contributed by atoms with van der Waals surface area (Å²) in [6.07, 6.45) is 0.911. The zero-order chi connectivity index (χ0) is 21.6. The van der Waals surface area contributed by atoms with Crippen LogP contribution in [0.25, 0.3) is 11.3 Å². The minimum atomic E-state index is -0.192. The van der Waals surface area contributed by atoms with Crippen LogP contribution in [0.1, 0.15) is 22.5 Å². The Morgan fingerprint density at radius 1 is 1.03 bits per heavy atom. The summed E-state index contributed by atoms with van der Waals surface area (Å²) in [6.45, 7) is 7.89. The Kier molecular flexibility index (Phi) is 6.95. The van der Waals surface area contributed by atoms with Crippen molar-refractivity contribution in [3.63, 3.8) is 0 Å². The van der Waals surface area contributed by atoms with Crippen LogP contribution in [0.5, 0.6) is 0 Å². The number of hydrogen-bond acceptors (Lipinski definition) is 4. The molecule has 4 rings (SSSR count). The maximum absolute atomic E-state index is 12.4. The number of halogens is 1. The summed E-state index contributed by atoms with van der Waals surface area (Å²) in [5.41, 5.74) is 3.39. The SMILES string of the molecule is Cc1cccc(N2CCN(CCCNC(=O)c3ccc(-c4ccccc4Cl)o3)CC2)c1. The minimum absolute atomic E-state index is 0.192. The van der Waals surface area contributed by atoms with Gasteiger partial charge in [-0.15, -0.1) is 0 Å². The molecule has 2 aromatic carbocycles. The van der Waals surface area contributed by atoms with E-state index >= 15 is 0 Å². The van der Waals surface area contributed by atoms with Crippen molar-refractivity contribution in [1.82, 2.24) is 10.2 Å². The Balaban J connectivity index is 1.19. The zero-order valence-corrected chi connectivity index (χ0v) is 18.6. The van der Waals surface area contributed by atoms with Gasteiger partial charge in [-0.1, -0.05) is 35.9 Å². The fourth-order valence-electron chi connectivity index (χ4n) is 3.91. The summed E-state index contributed by atoms with van der Waals surface area (Å²) in [5.74, 6) is 0.714. The van der Waals surface area contributed by atoms with Crippen LogP contribution in [-0.2, 0) is 0 Å². The topological polar surface area (TPSA) is 48.7 Å². The molecule has 5 nitrogen and oxygen atoms in total. The first-order valence-corrected chi connectivity index (χ1v) is 11.1. The molecule has 0 spiro atoms. The second kappa shape index (κ2) is 10.0. The average molecular weight is 438 g/mol. The summed E-state index contributed by atoms with van der Waals surface area (Å²) in [4.78, 5) is 17.3. The average Bonchev–Trinajstić information content (AvgIpc) is 3.27. The van der Waals surface area contributed by atoms with Gasteiger partial charge in [0.25, 0.3) is 5.91 Å². The number of carbonyl (C=O) groups is 1. The number of nitrogens with one attached hydrogen (secondary N) is 1. The first kappa shape index (κ1) is 21.5. The third kappa shape index (κ3) is 5.49. The quantitative estimate of drug-likeness (QED) is 0.537. The highest BCUT2D eigenvalue weighted by atomic mass is 35.5. The molecule has 0 unspecified atom stereocenters. The van der Waals surface area contributed by atoms with Crippen molar-refractivity contribution >= 4 is 23.2 Å². The van der Waals surface area contributed by atoms with Gasteiger partial charge in [0.05, 0.1) is 5.02 Å². The van der Waals surface area contributed by atoms with E-state index < -0.39 is 0 Å². The molecule has 1 saturated heterocycles. The van der Waals surface area contributed by atoms with Gasteiger partial charge in [-0.05, 0) is 61.9 Å². The molecule has 0 aliphatic carbocycles. The van der Waals surface area contributed by atoms with Crippen molar-refractivity contribution in [2.75, 3.05) is 44.2 Å². The second-order valence-corrected chi connectivity index (χ2v) is 8.33. The van der Waals surface area contributed by atoms with Gasteiger partial charge in [-0.2, -0.15) is 0 Å². The summed E-state index contributed by atoms with van der Waals surface area (Å²) in [5, 5.41) is 3.56. The largest absolute Gasteiger partial charge is 0.451 e. The highest BCUT2D eigenvalue weighted by Crippen LogP contribution is 2.29. The zero-order valence-electron chi connectivity index (χ0n) is 17.8. The fourth-order valence-corrected chi connectivity index (χ4v) is 4.14. The lowest BCUT2D eigenvalue weighted by Crippen LogP contribution is -2.47. The van der Waals surface area contributed by atoms with Crippen LogP contribution in [0.3, 0.4) is 0 Å². The van der Waals surface area contributed by atoms with Crippen molar-refractivity contribution in [2.45, 2.75) is 13.3 Å². The van der Waals surface area contributed by atoms with Crippen molar-refractivity contribution in [3.05, 3.63) is 77.0 Å². The van der Waals surface area contributed by atoms with Crippen LogP contribution in [0.4, 0.5) is 5.69 Å². The van der Waals surface area contributed by atoms with Crippen molar-refractivity contribution in [3.8, 4) is 11.3 Å². The standard InChI is InChI=1S/C25H28ClN3O2/c1-19-6-4-7-20(18-19)29-16-14-28(15-17-29)13-5-12-27-25(30)24-11-10-23(31-24)21-8-2-3-9-22(21)26/h2-4,6-11,18H,5,12-17H2,1H3,(H,27,30). The minimum Gasteiger partial charge on any atom is -0.451 e. The number of furan rings is 1. The lowest BCUT2D eigenvalue weighted by atomic mass is 10.2. The normalized spacial score (nSPS) is 14.6. The number of hydrogen-bond donors (Lipinski definition) is 1. The molecule has 2 heterocycles. The van der Waals surface area contributed by atoms with Gasteiger partial charge in [0.1, 0.15) is 5.76 Å². The Morgan fingerprint density at radius 2 is 1.84 bits per heavy atom. The predicted molar refractivity (Wildman–Crippen MR) is 126 cm³/mol. The molecule has 1 N–H and O–H groups in total. The predicted octanol–water partition coefficient (Wildman–Crippen LogP) is 4.85. The van der Waals surface area contributed by atoms with E-state index in [1.54, 1.807) is 18.2 Å². The molecule has 1 aliphatic rings. The maximum atomic E-state index is 12.4. The molecule has 0 radical (unpaired) electrons. The molecule has 1 aromatic heterocycles. The van der Waals surface area contributed by atoms with Gasteiger partial charge >= 0.3 is 0 Å². The molecule has 1 amide bonds. The third-order valence-corrected chi connectivity index (χ3v) is 5.97. The molecular formula is C25H28ClN3O2. The summed E-state index contributed by atoms with van der Waals surface area (Å²) in [7, 11) is 0. The van der Waals surface area contributed by atoms with Crippen LogP contribution >= 0.6 is 11.6 Å². The number of nitrogens with zero attached hydrogens (tertiary/aromatic N) is 2. The molecule has 31 heavy (non-hydrogen) atoms. The highest BCUT2D eigenvalue weighted by molar-refractivity contribution is 6.33. The lowest BCUT2D eigenvalue weighted by Gasteiger charge is -2.36. The Hall–Kier alpha value is -2.76. The van der Waals surface area contributed by atoms with Crippen LogP contribution in [0.15, 0.2) is 65.1 Å². The van der Waals surface area contributed by atoms with E-state index in [1.165, 1.54) is 11.3 Å². The van der Waals surface area contributed by atoms with E-state index in [9.17, 15) is 4.79 Å². The summed E-state index contributed by atoms with van der Waals surface area (Å²) >= 11 is 6.21. The molecule has 162 valence electrons. The number of aryl methyl sites for hydroxylation is 1. The van der Waals surface area contributed by atoms with Crippen LogP contribution in [-0.4, -0.2) is 50.1 Å². The Labute approximate surface area is 188 Å². The van der Waals surface area contributed by atoms with Crippen molar-refractivity contribution in [2.24, 2.45) is 0 Å². The summed E-state index contributed by atoms with van der Waals surface area (Å²) in [6, 6.07) is 19.6. The van der Waals surface area contributed by atoms with Crippen LogP contribution in [0.2, 0.25) is 5.02 Å². The van der Waals surface area contributed by atoms with Gasteiger partial charge in [0.2, 0.25) is 0 Å². The first-order chi connectivity index (χ1) is 15.1. The van der Waals surface area contributed by atoms with E-state index in [2.05, 4.69) is 46.3 Å². The number of benzene rings is 2. The molecule has 0 bridgehead atoms. The second-order valence-electron chi connectivity index (χ2n) is 7.92. The molecule has 3 aromatic rings. The van der Waals surface area contributed by atoms with Gasteiger partial charge in [0, 0.05) is 44.0 Å². The smallest absolute Gasteiger partial charge is 0.287 e. The third-order valence-electron chi connectivity index (χ3n) is 5.64. The lowest BCUT2D eigenvalue weighted by molar-refractivity contribution is 0.0924. The van der Waals surface area contributed by atoms with Crippen LogP contribution in [0, 0.1) is 6.92 Å². The first-order valence-electron chi connectivity index (χ1n) is 10.8. The molecule has 0 saturated carbocycles. The number of amides is 1. The van der Waals surface area contributed by atoms with E-state index in [0.29, 0.717) is 23.1 Å². The van der Waals surface area contributed by atoms with Gasteiger partial charge in [0.15, 0.2) is 5.76 Å². The van der Waals surface area contributed by atoms with Gasteiger partial charge in [-0.25, -0.2) is 0 Å². The maximum Gasteiger partial charge on any atom is 0.287 e. The molecule has 1 fully saturated rings. The van der Waals surface area contributed by atoms with Crippen molar-refractivity contribution in [1.29, 1.82) is 0 Å². The van der Waals surface area contributed by atoms with Crippen molar-refractivity contribution < 1.29 is 9.21 Å². The monoisotopic (exact) mass is 437 g/mol. The molecule has 0 atom stereocenters. The number of anilines is 1. The Bertz CT molecular complexity index is 1020. The van der Waals surface area contributed by atoms with Gasteiger partial charge in [-0.3, -0.25) is 9.69 Å². The molecule has 1 aliphatic heterocycles. The number of carbonyl (C=O) groups excluding carboxylic acids is 1. The molecular weight excluding hydrogens is 410 g/mol. The number of rotatable bonds is 7. The number of piperazine rings is 1. The highest BCUT2D eigenvalue weighted by Gasteiger charge is 2.17. The van der Waals surface area contributed by atoms with E-state index in [1.807, 2.05) is 18.2 Å². The molecule has 6 heteroatoms. The van der Waals surface area contributed by atoms with E-state index in [0.717, 1.165) is 44.7 Å². The summed E-state index contributed by atoms with van der Waals surface area (Å²) < 4.78 is 5.71. The van der Waals surface area contributed by atoms with Gasteiger partial charge < -0.3 is 14.6 Å². The Morgan fingerprint density at radius 3 is 2.61 bits per heavy atom. The van der Waals surface area contributed by atoms with Crippen LogP contribution < -0.4 is 10.2 Å². The van der Waals surface area contributed by atoms with E-state index in [4.69, 9.17) is 16.0 Å². The van der Waals surface area contributed by atoms with E-state index in [-0.39, 0.29) is 5.91 Å².